The summed E-state index contributed by atoms with van der Waals surface area (Å²) in [4.78, 5) is 31.6. The van der Waals surface area contributed by atoms with E-state index in [1.54, 1.807) is 0 Å². The normalized spacial score (nSPS) is 12.3. The number of nitrogens with one attached hydrogen (secondary N) is 1. The molecule has 0 aliphatic carbocycles. The molecule has 21 heavy (non-hydrogen) atoms. The second-order valence-corrected chi connectivity index (χ2v) is 5.82. The number of aliphatic carboxylic acids is 2. The zero-order chi connectivity index (χ0) is 15.6. The number of thiophene rings is 1. The molecule has 2 aromatic heterocycles. The van der Waals surface area contributed by atoms with Crippen LogP contribution in [-0.4, -0.2) is 27.9 Å². The number of nitrogens with zero attached hydrogens (tertiary/aromatic N) is 2. The van der Waals surface area contributed by atoms with Crippen molar-refractivity contribution < 1.29 is 19.8 Å². The molecule has 0 aliphatic heterocycles. The molecule has 0 bridgehead atoms. The molecule has 0 amide bonds. The van der Waals surface area contributed by atoms with Crippen LogP contribution in [-0.2, 0) is 9.59 Å². The number of carboxylic acid groups (broad SMARTS) is 2. The van der Waals surface area contributed by atoms with Gasteiger partial charge in [-0.2, -0.15) is 0 Å². The lowest BCUT2D eigenvalue weighted by Crippen LogP contribution is -2.42. The fourth-order valence-electron chi connectivity index (χ4n) is 1.97. The van der Waals surface area contributed by atoms with Gasteiger partial charge in [0.2, 0.25) is 0 Å². The van der Waals surface area contributed by atoms with Gasteiger partial charge in [-0.3, -0.25) is 0 Å². The number of hydrogen-bond acceptors (Lipinski definition) is 8. The van der Waals surface area contributed by atoms with Crippen LogP contribution in [0.15, 0.2) is 6.33 Å². The van der Waals surface area contributed by atoms with Crippen LogP contribution in [0.25, 0.3) is 10.2 Å². The van der Waals surface area contributed by atoms with Crippen molar-refractivity contribution in [2.24, 2.45) is 0 Å². The van der Waals surface area contributed by atoms with Gasteiger partial charge in [-0.15, -0.1) is 11.3 Å². The third-order valence-corrected chi connectivity index (χ3v) is 4.31. The molecule has 0 spiro atoms. The van der Waals surface area contributed by atoms with Crippen molar-refractivity contribution in [1.82, 2.24) is 9.97 Å². The van der Waals surface area contributed by atoms with Gasteiger partial charge in [0, 0.05) is 10.8 Å². The van der Waals surface area contributed by atoms with Gasteiger partial charge in [0.15, 0.2) is 0 Å². The van der Waals surface area contributed by atoms with Crippen LogP contribution in [0.2, 0.25) is 0 Å². The summed E-state index contributed by atoms with van der Waals surface area (Å²) in [5, 5.41) is 25.1. The van der Waals surface area contributed by atoms with E-state index < -0.39 is 18.0 Å². The summed E-state index contributed by atoms with van der Waals surface area (Å²) in [6.07, 6.45) is 0.824. The first-order chi connectivity index (χ1) is 9.90. The van der Waals surface area contributed by atoms with Gasteiger partial charge < -0.3 is 25.1 Å². The van der Waals surface area contributed by atoms with Crippen molar-refractivity contribution in [2.75, 3.05) is 5.32 Å². The summed E-state index contributed by atoms with van der Waals surface area (Å²) in [5.41, 5.74) is 0.968. The van der Waals surface area contributed by atoms with Crippen LogP contribution in [0.5, 0.6) is 0 Å². The highest BCUT2D eigenvalue weighted by Crippen LogP contribution is 2.32. The van der Waals surface area contributed by atoms with Gasteiger partial charge in [0.25, 0.3) is 0 Å². The summed E-state index contributed by atoms with van der Waals surface area (Å²) in [6.45, 7) is 3.84. The van der Waals surface area contributed by atoms with Crippen molar-refractivity contribution in [3.05, 3.63) is 16.8 Å². The van der Waals surface area contributed by atoms with Crippen LogP contribution in [0.4, 0.5) is 5.82 Å². The number of aryl methyl sites for hydroxylation is 2. The number of carbonyl (C=O) groups excluding carboxylic acids is 2. The third kappa shape index (κ3) is 3.27. The Morgan fingerprint density at radius 2 is 2.05 bits per heavy atom. The molecule has 1 atom stereocenters. The molecule has 0 aromatic carbocycles. The van der Waals surface area contributed by atoms with Crippen molar-refractivity contribution in [3.8, 4) is 0 Å². The zero-order valence-electron chi connectivity index (χ0n) is 11.5. The lowest BCUT2D eigenvalue weighted by molar-refractivity contribution is -0.308. The highest BCUT2D eigenvalue weighted by atomic mass is 32.1. The fraction of sp³-hybridized carbons (Fsp3) is 0.385. The molecule has 1 N–H and O–H groups in total. The summed E-state index contributed by atoms with van der Waals surface area (Å²) in [5.74, 6) is -2.32. The number of hydrogen-bond donors (Lipinski definition) is 1. The smallest absolute Gasteiger partial charge is 0.138 e. The van der Waals surface area contributed by atoms with E-state index in [1.807, 2.05) is 13.8 Å². The largest absolute Gasteiger partial charge is 0.550 e. The molecule has 7 nitrogen and oxygen atoms in total. The molecular weight excluding hydrogens is 294 g/mol. The van der Waals surface area contributed by atoms with E-state index in [1.165, 1.54) is 17.7 Å². The molecule has 0 saturated carbocycles. The molecule has 2 aromatic rings. The van der Waals surface area contributed by atoms with E-state index in [9.17, 15) is 19.8 Å². The summed E-state index contributed by atoms with van der Waals surface area (Å²) >= 11 is 1.49. The second kappa shape index (κ2) is 6.04. The number of anilines is 1. The van der Waals surface area contributed by atoms with E-state index in [0.29, 0.717) is 5.82 Å². The number of rotatable bonds is 6. The first-order valence-electron chi connectivity index (χ1n) is 6.28. The van der Waals surface area contributed by atoms with Crippen molar-refractivity contribution >= 4 is 39.3 Å². The van der Waals surface area contributed by atoms with Crippen LogP contribution in [0.1, 0.15) is 23.3 Å². The Labute approximate surface area is 124 Å². The predicted octanol–water partition coefficient (Wildman–Crippen LogP) is -0.631. The van der Waals surface area contributed by atoms with Gasteiger partial charge in [-0.25, -0.2) is 9.97 Å². The Hall–Kier alpha value is -2.22. The molecule has 0 unspecified atom stereocenters. The monoisotopic (exact) mass is 307 g/mol. The maximum Gasteiger partial charge on any atom is 0.138 e. The lowest BCUT2D eigenvalue weighted by atomic mass is 10.1. The molecule has 0 aliphatic rings. The average Bonchev–Trinajstić information content (AvgIpc) is 2.70. The van der Waals surface area contributed by atoms with E-state index in [2.05, 4.69) is 15.3 Å². The summed E-state index contributed by atoms with van der Waals surface area (Å²) in [6, 6.07) is -1.15. The summed E-state index contributed by atoms with van der Waals surface area (Å²) < 4.78 is 0. The molecule has 2 heterocycles. The molecule has 0 radical (unpaired) electrons. The Kier molecular flexibility index (Phi) is 4.37. The fourth-order valence-corrected chi connectivity index (χ4v) is 2.96. The van der Waals surface area contributed by atoms with E-state index in [4.69, 9.17) is 0 Å². The van der Waals surface area contributed by atoms with Gasteiger partial charge in [0.1, 0.15) is 17.0 Å². The standard InChI is InChI=1S/C13H15N3O4S/c1-6-7(2)21-12-10(6)11(14-5-15-12)16-8(13(19)20)3-4-9(17)18/h5,8H,3-4H2,1-2H3,(H,17,18)(H,19,20)(H,14,15,16)/p-2/t8-/m1/s1. The van der Waals surface area contributed by atoms with Crippen molar-refractivity contribution in [1.29, 1.82) is 0 Å². The van der Waals surface area contributed by atoms with Crippen LogP contribution >= 0.6 is 11.3 Å². The highest BCUT2D eigenvalue weighted by Gasteiger charge is 2.16. The van der Waals surface area contributed by atoms with E-state index >= 15 is 0 Å². The van der Waals surface area contributed by atoms with Gasteiger partial charge in [-0.1, -0.05) is 0 Å². The molecular formula is C13H13N3O4S-2. The Bertz CT molecular complexity index is 698. The zero-order valence-corrected chi connectivity index (χ0v) is 12.3. The minimum atomic E-state index is -1.38. The quantitative estimate of drug-likeness (QED) is 0.754. The topological polar surface area (TPSA) is 118 Å². The molecule has 0 saturated heterocycles. The Morgan fingerprint density at radius 3 is 2.67 bits per heavy atom. The van der Waals surface area contributed by atoms with Crippen LogP contribution < -0.4 is 15.5 Å². The van der Waals surface area contributed by atoms with Crippen LogP contribution in [0.3, 0.4) is 0 Å². The SMILES string of the molecule is Cc1sc2ncnc(N[C@H](CCC(=O)[O-])C(=O)[O-])c2c1C. The maximum absolute atomic E-state index is 11.1. The Morgan fingerprint density at radius 1 is 1.33 bits per heavy atom. The first kappa shape index (κ1) is 15.2. The van der Waals surface area contributed by atoms with Crippen molar-refractivity contribution in [3.63, 3.8) is 0 Å². The second-order valence-electron chi connectivity index (χ2n) is 4.61. The number of aromatic nitrogens is 2. The molecule has 8 heteroatoms. The van der Waals surface area contributed by atoms with Gasteiger partial charge in [0.05, 0.1) is 17.4 Å². The molecule has 112 valence electrons. The number of carbonyl (C=O) groups is 2. The van der Waals surface area contributed by atoms with Crippen LogP contribution in [0, 0.1) is 13.8 Å². The van der Waals surface area contributed by atoms with Gasteiger partial charge >= 0.3 is 0 Å². The maximum atomic E-state index is 11.1. The predicted molar refractivity (Wildman–Crippen MR) is 73.5 cm³/mol. The first-order valence-corrected chi connectivity index (χ1v) is 7.09. The lowest BCUT2D eigenvalue weighted by Gasteiger charge is -2.21. The molecule has 0 fully saturated rings. The van der Waals surface area contributed by atoms with E-state index in [0.717, 1.165) is 20.7 Å². The number of carboxylic acids is 2. The van der Waals surface area contributed by atoms with E-state index in [-0.39, 0.29) is 12.8 Å². The van der Waals surface area contributed by atoms with Crippen molar-refractivity contribution in [2.45, 2.75) is 32.7 Å². The van der Waals surface area contributed by atoms with Gasteiger partial charge in [-0.05, 0) is 32.3 Å². The minimum absolute atomic E-state index is 0.141. The third-order valence-electron chi connectivity index (χ3n) is 3.20. The number of fused-ring (bicyclic) bond motifs is 1. The highest BCUT2D eigenvalue weighted by molar-refractivity contribution is 7.18. The Balaban J connectivity index is 2.32. The average molecular weight is 307 g/mol. The minimum Gasteiger partial charge on any atom is -0.550 e. The summed E-state index contributed by atoms with van der Waals surface area (Å²) in [7, 11) is 0. The molecule has 2 rings (SSSR count).